The van der Waals surface area contributed by atoms with Crippen LogP contribution in [0.4, 0.5) is 0 Å². The first kappa shape index (κ1) is 16.4. The van der Waals surface area contributed by atoms with Gasteiger partial charge in [0.25, 0.3) is 0 Å². The topological polar surface area (TPSA) is 80.5 Å². The highest BCUT2D eigenvalue weighted by atomic mass is 32.2. The van der Waals surface area contributed by atoms with Crippen LogP contribution in [0.1, 0.15) is 27.7 Å². The lowest BCUT2D eigenvalue weighted by Crippen LogP contribution is -2.43. The number of sulfone groups is 1. The van der Waals surface area contributed by atoms with Crippen LogP contribution in [0.25, 0.3) is 0 Å². The van der Waals surface area contributed by atoms with E-state index < -0.39 is 15.1 Å². The van der Waals surface area contributed by atoms with E-state index in [4.69, 9.17) is 5.73 Å². The van der Waals surface area contributed by atoms with Crippen LogP contribution in [0.3, 0.4) is 0 Å². The van der Waals surface area contributed by atoms with Gasteiger partial charge in [0.2, 0.25) is 5.91 Å². The number of rotatable bonds is 7. The SMILES string of the molecule is CCN(CC)C(=O)C(C)S(=O)(=O)CC(C)CN. The van der Waals surface area contributed by atoms with Crippen molar-refractivity contribution in [3.63, 3.8) is 0 Å². The number of hydrogen-bond acceptors (Lipinski definition) is 4. The lowest BCUT2D eigenvalue weighted by molar-refractivity contribution is -0.130. The number of hydrogen-bond donors (Lipinski definition) is 1. The van der Waals surface area contributed by atoms with Gasteiger partial charge in [-0.05, 0) is 33.2 Å². The Labute approximate surface area is 104 Å². The Hall–Kier alpha value is -0.620. The Kier molecular flexibility index (Phi) is 6.70. The Morgan fingerprint density at radius 1 is 1.24 bits per heavy atom. The molecule has 0 aliphatic rings. The van der Waals surface area contributed by atoms with Crippen molar-refractivity contribution in [3.8, 4) is 0 Å². The fourth-order valence-electron chi connectivity index (χ4n) is 1.55. The van der Waals surface area contributed by atoms with Gasteiger partial charge in [-0.1, -0.05) is 6.92 Å². The van der Waals surface area contributed by atoms with Crippen molar-refractivity contribution in [2.45, 2.75) is 32.9 Å². The molecule has 17 heavy (non-hydrogen) atoms. The molecule has 6 heteroatoms. The largest absolute Gasteiger partial charge is 0.342 e. The molecule has 2 atom stereocenters. The van der Waals surface area contributed by atoms with Crippen molar-refractivity contribution in [1.82, 2.24) is 4.90 Å². The predicted molar refractivity (Wildman–Crippen MR) is 69.4 cm³/mol. The summed E-state index contributed by atoms with van der Waals surface area (Å²) in [4.78, 5) is 13.5. The summed E-state index contributed by atoms with van der Waals surface area (Å²) in [6, 6.07) is 0. The maximum absolute atomic E-state index is 12.0. The van der Waals surface area contributed by atoms with Gasteiger partial charge in [-0.25, -0.2) is 8.42 Å². The molecule has 0 saturated heterocycles. The highest BCUT2D eigenvalue weighted by molar-refractivity contribution is 7.92. The second-order valence-electron chi connectivity index (χ2n) is 4.32. The van der Waals surface area contributed by atoms with E-state index in [1.165, 1.54) is 11.8 Å². The fourth-order valence-corrected chi connectivity index (χ4v) is 3.23. The van der Waals surface area contributed by atoms with E-state index in [2.05, 4.69) is 0 Å². The van der Waals surface area contributed by atoms with E-state index in [0.717, 1.165) is 0 Å². The van der Waals surface area contributed by atoms with Crippen LogP contribution in [0.2, 0.25) is 0 Å². The molecule has 102 valence electrons. The standard InChI is InChI=1S/C11H24N2O3S/c1-5-13(6-2)11(14)10(4)17(15,16)8-9(3)7-12/h9-10H,5-8,12H2,1-4H3. The van der Waals surface area contributed by atoms with Crippen molar-refractivity contribution in [2.24, 2.45) is 11.7 Å². The quantitative estimate of drug-likeness (QED) is 0.715. The highest BCUT2D eigenvalue weighted by Gasteiger charge is 2.31. The van der Waals surface area contributed by atoms with Gasteiger partial charge in [-0.2, -0.15) is 0 Å². The smallest absolute Gasteiger partial charge is 0.240 e. The van der Waals surface area contributed by atoms with E-state index in [9.17, 15) is 13.2 Å². The van der Waals surface area contributed by atoms with E-state index in [1.54, 1.807) is 6.92 Å². The molecule has 0 saturated carbocycles. The molecule has 5 nitrogen and oxygen atoms in total. The molecule has 0 aromatic heterocycles. The molecule has 0 aliphatic heterocycles. The predicted octanol–water partition coefficient (Wildman–Crippen LogP) is 0.253. The monoisotopic (exact) mass is 264 g/mol. The molecule has 0 rings (SSSR count). The minimum atomic E-state index is -3.41. The summed E-state index contributed by atoms with van der Waals surface area (Å²) < 4.78 is 23.9. The molecule has 0 aromatic rings. The number of amides is 1. The van der Waals surface area contributed by atoms with Crippen molar-refractivity contribution >= 4 is 15.7 Å². The molecular formula is C11H24N2O3S. The second-order valence-corrected chi connectivity index (χ2v) is 6.69. The Morgan fingerprint density at radius 2 is 1.71 bits per heavy atom. The zero-order valence-corrected chi connectivity index (χ0v) is 12.0. The molecule has 0 heterocycles. The second kappa shape index (κ2) is 6.96. The summed E-state index contributed by atoms with van der Waals surface area (Å²) in [7, 11) is -3.41. The molecule has 0 fully saturated rings. The fraction of sp³-hybridized carbons (Fsp3) is 0.909. The lowest BCUT2D eigenvalue weighted by Gasteiger charge is -2.23. The highest BCUT2D eigenvalue weighted by Crippen LogP contribution is 2.10. The summed E-state index contributed by atoms with van der Waals surface area (Å²) >= 11 is 0. The normalized spacial score (nSPS) is 15.4. The van der Waals surface area contributed by atoms with Crippen molar-refractivity contribution in [1.29, 1.82) is 0 Å². The van der Waals surface area contributed by atoms with Gasteiger partial charge in [0, 0.05) is 13.1 Å². The maximum atomic E-state index is 12.0. The van der Waals surface area contributed by atoms with Crippen LogP contribution < -0.4 is 5.73 Å². The molecular weight excluding hydrogens is 240 g/mol. The average molecular weight is 264 g/mol. The zero-order chi connectivity index (χ0) is 13.6. The van der Waals surface area contributed by atoms with Crippen LogP contribution >= 0.6 is 0 Å². The minimum absolute atomic E-state index is 0.0301. The average Bonchev–Trinajstić information content (AvgIpc) is 2.28. The van der Waals surface area contributed by atoms with Crippen LogP contribution in [0.15, 0.2) is 0 Å². The van der Waals surface area contributed by atoms with Gasteiger partial charge < -0.3 is 10.6 Å². The summed E-state index contributed by atoms with van der Waals surface area (Å²) in [5.74, 6) is -0.469. The van der Waals surface area contributed by atoms with Crippen LogP contribution in [0.5, 0.6) is 0 Å². The van der Waals surface area contributed by atoms with Gasteiger partial charge in [-0.3, -0.25) is 4.79 Å². The maximum Gasteiger partial charge on any atom is 0.240 e. The van der Waals surface area contributed by atoms with E-state index in [1.807, 2.05) is 13.8 Å². The third kappa shape index (κ3) is 4.63. The van der Waals surface area contributed by atoms with Gasteiger partial charge in [0.15, 0.2) is 9.84 Å². The summed E-state index contributed by atoms with van der Waals surface area (Å²) in [6.07, 6.45) is 0. The third-order valence-corrected chi connectivity index (χ3v) is 5.19. The molecule has 0 aromatic carbocycles. The first-order valence-corrected chi connectivity index (χ1v) is 7.72. The zero-order valence-electron chi connectivity index (χ0n) is 11.1. The van der Waals surface area contributed by atoms with Crippen molar-refractivity contribution < 1.29 is 13.2 Å². The Bertz CT molecular complexity index is 337. The van der Waals surface area contributed by atoms with Gasteiger partial charge in [0.1, 0.15) is 5.25 Å². The van der Waals surface area contributed by atoms with E-state index in [-0.39, 0.29) is 17.6 Å². The lowest BCUT2D eigenvalue weighted by atomic mass is 10.2. The van der Waals surface area contributed by atoms with Crippen LogP contribution in [0, 0.1) is 5.92 Å². The molecule has 2 N–H and O–H groups in total. The van der Waals surface area contributed by atoms with Gasteiger partial charge in [0.05, 0.1) is 5.75 Å². The molecule has 0 aliphatic carbocycles. The van der Waals surface area contributed by atoms with Gasteiger partial charge >= 0.3 is 0 Å². The first-order valence-electron chi connectivity index (χ1n) is 6.00. The van der Waals surface area contributed by atoms with Gasteiger partial charge in [-0.15, -0.1) is 0 Å². The first-order chi connectivity index (χ1) is 7.80. The number of nitrogens with zero attached hydrogens (tertiary/aromatic N) is 1. The van der Waals surface area contributed by atoms with Crippen molar-refractivity contribution in [3.05, 3.63) is 0 Å². The molecule has 0 radical (unpaired) electrons. The van der Waals surface area contributed by atoms with Crippen molar-refractivity contribution in [2.75, 3.05) is 25.4 Å². The van der Waals surface area contributed by atoms with E-state index >= 15 is 0 Å². The molecule has 0 bridgehead atoms. The molecule has 1 amide bonds. The van der Waals surface area contributed by atoms with Crippen LogP contribution in [-0.2, 0) is 14.6 Å². The number of carbonyl (C=O) groups excluding carboxylic acids is 1. The summed E-state index contributed by atoms with van der Waals surface area (Å²) in [5, 5.41) is -0.976. The Morgan fingerprint density at radius 3 is 2.06 bits per heavy atom. The molecule has 2 unspecified atom stereocenters. The summed E-state index contributed by atoms with van der Waals surface area (Å²) in [5.41, 5.74) is 5.41. The number of carbonyl (C=O) groups is 1. The number of nitrogens with two attached hydrogens (primary N) is 1. The van der Waals surface area contributed by atoms with Crippen LogP contribution in [-0.4, -0.2) is 49.9 Å². The molecule has 0 spiro atoms. The third-order valence-electron chi connectivity index (χ3n) is 2.88. The summed E-state index contributed by atoms with van der Waals surface area (Å²) in [6.45, 7) is 8.27. The van der Waals surface area contributed by atoms with E-state index in [0.29, 0.717) is 19.6 Å². The minimum Gasteiger partial charge on any atom is -0.342 e. The Balaban J connectivity index is 4.79.